The molecule has 0 spiro atoms. The minimum Gasteiger partial charge on any atom is -0.508 e. The van der Waals surface area contributed by atoms with Crippen molar-refractivity contribution < 1.29 is 14.3 Å². The summed E-state index contributed by atoms with van der Waals surface area (Å²) in [4.78, 5) is 11.4. The second-order valence-electron chi connectivity index (χ2n) is 3.46. The van der Waals surface area contributed by atoms with Crippen molar-refractivity contribution in [2.24, 2.45) is 5.92 Å². The summed E-state index contributed by atoms with van der Waals surface area (Å²) in [5, 5.41) is 11.4. The molecule has 0 aliphatic carbocycles. The van der Waals surface area contributed by atoms with E-state index in [9.17, 15) is 9.18 Å². The lowest BCUT2D eigenvalue weighted by Crippen LogP contribution is -2.20. The van der Waals surface area contributed by atoms with Gasteiger partial charge < -0.3 is 10.4 Å². The maximum absolute atomic E-state index is 13.2. The molecule has 0 aliphatic heterocycles. The van der Waals surface area contributed by atoms with E-state index >= 15 is 0 Å². The summed E-state index contributed by atoms with van der Waals surface area (Å²) in [7, 11) is 0. The molecule has 0 heterocycles. The number of carbonyl (C=O) groups excluding carboxylic acids is 1. The minimum atomic E-state index is -0.633. The molecule has 0 aliphatic rings. The fraction of sp³-hybridized carbons (Fsp3) is 0.364. The number of hydrogen-bond acceptors (Lipinski definition) is 2. The van der Waals surface area contributed by atoms with Gasteiger partial charge in [0.1, 0.15) is 11.6 Å². The number of amides is 1. The zero-order chi connectivity index (χ0) is 11.4. The van der Waals surface area contributed by atoms with E-state index in [-0.39, 0.29) is 23.3 Å². The van der Waals surface area contributed by atoms with Gasteiger partial charge in [0, 0.05) is 12.0 Å². The summed E-state index contributed by atoms with van der Waals surface area (Å²) in [6.07, 6.45) is 0.700. The fourth-order valence-electron chi connectivity index (χ4n) is 1.05. The van der Waals surface area contributed by atoms with Gasteiger partial charge in [-0.3, -0.25) is 4.79 Å². The Morgan fingerprint density at radius 1 is 1.60 bits per heavy atom. The van der Waals surface area contributed by atoms with Gasteiger partial charge in [0.15, 0.2) is 0 Å². The monoisotopic (exact) mass is 211 g/mol. The van der Waals surface area contributed by atoms with Gasteiger partial charge in [-0.2, -0.15) is 0 Å². The summed E-state index contributed by atoms with van der Waals surface area (Å²) >= 11 is 0. The Kier molecular flexibility index (Phi) is 3.66. The summed E-state index contributed by atoms with van der Waals surface area (Å²) in [5.74, 6) is -1.17. The van der Waals surface area contributed by atoms with Crippen LogP contribution in [0.5, 0.6) is 5.75 Å². The number of carbonyl (C=O) groups is 1. The highest BCUT2D eigenvalue weighted by Gasteiger charge is 2.12. The molecule has 0 aromatic heterocycles. The highest BCUT2D eigenvalue weighted by Crippen LogP contribution is 2.20. The number of hydrogen-bond donors (Lipinski definition) is 2. The number of phenols is 1. The first-order valence-corrected chi connectivity index (χ1v) is 4.84. The molecule has 1 aromatic carbocycles. The van der Waals surface area contributed by atoms with Crippen molar-refractivity contribution in [2.45, 2.75) is 20.3 Å². The molecule has 3 nitrogen and oxygen atoms in total. The van der Waals surface area contributed by atoms with Crippen LogP contribution in [0.4, 0.5) is 10.1 Å². The van der Waals surface area contributed by atoms with Gasteiger partial charge in [0.25, 0.3) is 0 Å². The van der Waals surface area contributed by atoms with Gasteiger partial charge in [-0.25, -0.2) is 4.39 Å². The van der Waals surface area contributed by atoms with Crippen LogP contribution in [0.3, 0.4) is 0 Å². The Hall–Kier alpha value is -1.58. The number of phenolic OH excluding ortho intramolecular Hbond substituents is 1. The SMILES string of the molecule is CCC(C)C(=O)Nc1ccc(O)cc1F. The molecule has 0 saturated heterocycles. The van der Waals surface area contributed by atoms with Crippen molar-refractivity contribution in [1.82, 2.24) is 0 Å². The van der Waals surface area contributed by atoms with Gasteiger partial charge >= 0.3 is 0 Å². The highest BCUT2D eigenvalue weighted by molar-refractivity contribution is 5.92. The molecule has 15 heavy (non-hydrogen) atoms. The lowest BCUT2D eigenvalue weighted by atomic mass is 10.1. The summed E-state index contributed by atoms with van der Waals surface area (Å²) in [6.45, 7) is 3.66. The average Bonchev–Trinajstić information content (AvgIpc) is 2.20. The Morgan fingerprint density at radius 3 is 2.80 bits per heavy atom. The predicted octanol–water partition coefficient (Wildman–Crippen LogP) is 2.52. The number of anilines is 1. The largest absolute Gasteiger partial charge is 0.508 e. The van der Waals surface area contributed by atoms with E-state index in [2.05, 4.69) is 5.32 Å². The zero-order valence-corrected chi connectivity index (χ0v) is 8.75. The Labute approximate surface area is 87.9 Å². The Morgan fingerprint density at radius 2 is 2.27 bits per heavy atom. The molecular formula is C11H14FNO2. The molecular weight excluding hydrogens is 197 g/mol. The van der Waals surface area contributed by atoms with Crippen LogP contribution in [0.15, 0.2) is 18.2 Å². The smallest absolute Gasteiger partial charge is 0.227 e. The molecule has 0 bridgehead atoms. The maximum Gasteiger partial charge on any atom is 0.227 e. The average molecular weight is 211 g/mol. The van der Waals surface area contributed by atoms with Crippen LogP contribution < -0.4 is 5.32 Å². The van der Waals surface area contributed by atoms with E-state index in [4.69, 9.17) is 5.11 Å². The molecule has 0 fully saturated rings. The third-order valence-electron chi connectivity index (χ3n) is 2.27. The number of nitrogens with one attached hydrogen (secondary N) is 1. The van der Waals surface area contributed by atoms with E-state index in [1.807, 2.05) is 6.92 Å². The lowest BCUT2D eigenvalue weighted by molar-refractivity contribution is -0.119. The van der Waals surface area contributed by atoms with Crippen LogP contribution in [0.1, 0.15) is 20.3 Å². The standard InChI is InChI=1S/C11H14FNO2/c1-3-7(2)11(15)13-10-5-4-8(14)6-9(10)12/h4-7,14H,3H2,1-2H3,(H,13,15). The number of halogens is 1. The predicted molar refractivity (Wildman–Crippen MR) is 56.1 cm³/mol. The van der Waals surface area contributed by atoms with Gasteiger partial charge in [-0.1, -0.05) is 13.8 Å². The van der Waals surface area contributed by atoms with E-state index < -0.39 is 5.82 Å². The number of aromatic hydroxyl groups is 1. The highest BCUT2D eigenvalue weighted by atomic mass is 19.1. The second kappa shape index (κ2) is 4.77. The summed E-state index contributed by atoms with van der Waals surface area (Å²) in [5.41, 5.74) is 0.0955. The van der Waals surface area contributed by atoms with Crippen molar-refractivity contribution in [3.05, 3.63) is 24.0 Å². The molecule has 4 heteroatoms. The lowest BCUT2D eigenvalue weighted by Gasteiger charge is -2.10. The molecule has 82 valence electrons. The first kappa shape index (κ1) is 11.5. The third kappa shape index (κ3) is 2.94. The molecule has 1 amide bonds. The van der Waals surface area contributed by atoms with E-state index in [0.717, 1.165) is 6.07 Å². The van der Waals surface area contributed by atoms with Crippen molar-refractivity contribution in [3.63, 3.8) is 0 Å². The van der Waals surface area contributed by atoms with Crippen LogP contribution in [0, 0.1) is 11.7 Å². The van der Waals surface area contributed by atoms with Crippen LogP contribution in [0.2, 0.25) is 0 Å². The van der Waals surface area contributed by atoms with Gasteiger partial charge in [0.2, 0.25) is 5.91 Å². The molecule has 1 atom stereocenters. The van der Waals surface area contributed by atoms with Crippen molar-refractivity contribution >= 4 is 11.6 Å². The van der Waals surface area contributed by atoms with Crippen molar-refractivity contribution in [1.29, 1.82) is 0 Å². The minimum absolute atomic E-state index is 0.0955. The Balaban J connectivity index is 2.77. The second-order valence-corrected chi connectivity index (χ2v) is 3.46. The molecule has 1 aromatic rings. The zero-order valence-electron chi connectivity index (χ0n) is 8.75. The van der Waals surface area contributed by atoms with E-state index in [1.165, 1.54) is 12.1 Å². The van der Waals surface area contributed by atoms with Crippen molar-refractivity contribution in [3.8, 4) is 5.75 Å². The van der Waals surface area contributed by atoms with Crippen LogP contribution in [-0.2, 0) is 4.79 Å². The van der Waals surface area contributed by atoms with Crippen molar-refractivity contribution in [2.75, 3.05) is 5.32 Å². The summed E-state index contributed by atoms with van der Waals surface area (Å²) < 4.78 is 13.2. The molecule has 1 rings (SSSR count). The number of benzene rings is 1. The van der Waals surface area contributed by atoms with E-state index in [1.54, 1.807) is 6.92 Å². The van der Waals surface area contributed by atoms with E-state index in [0.29, 0.717) is 6.42 Å². The van der Waals surface area contributed by atoms with Gasteiger partial charge in [-0.15, -0.1) is 0 Å². The quantitative estimate of drug-likeness (QED) is 0.755. The van der Waals surface area contributed by atoms with Gasteiger partial charge in [-0.05, 0) is 18.6 Å². The fourth-order valence-corrected chi connectivity index (χ4v) is 1.05. The molecule has 0 radical (unpaired) electrons. The topological polar surface area (TPSA) is 49.3 Å². The van der Waals surface area contributed by atoms with Crippen LogP contribution >= 0.6 is 0 Å². The molecule has 0 saturated carbocycles. The van der Waals surface area contributed by atoms with Crippen LogP contribution in [-0.4, -0.2) is 11.0 Å². The normalized spacial score (nSPS) is 12.2. The Bertz CT molecular complexity index is 366. The third-order valence-corrected chi connectivity index (χ3v) is 2.27. The van der Waals surface area contributed by atoms with Crippen LogP contribution in [0.25, 0.3) is 0 Å². The van der Waals surface area contributed by atoms with Gasteiger partial charge in [0.05, 0.1) is 5.69 Å². The molecule has 1 unspecified atom stereocenters. The number of rotatable bonds is 3. The summed E-state index contributed by atoms with van der Waals surface area (Å²) in [6, 6.07) is 3.63. The molecule has 2 N–H and O–H groups in total. The maximum atomic E-state index is 13.2. The first-order valence-electron chi connectivity index (χ1n) is 4.84. The first-order chi connectivity index (χ1) is 7.04.